The Morgan fingerprint density at radius 1 is 0.926 bits per heavy atom. The highest BCUT2D eigenvalue weighted by molar-refractivity contribution is 6.36. The van der Waals surface area contributed by atoms with Crippen LogP contribution in [0.25, 0.3) is 22.4 Å². The predicted molar refractivity (Wildman–Crippen MR) is 111 cm³/mol. The number of hydrogen-bond donors (Lipinski definition) is 0. The van der Waals surface area contributed by atoms with Crippen molar-refractivity contribution < 1.29 is 4.74 Å². The Morgan fingerprint density at radius 3 is 2.33 bits per heavy atom. The number of nitrogens with zero attached hydrogens (tertiary/aromatic N) is 2. The summed E-state index contributed by atoms with van der Waals surface area (Å²) in [6.07, 6.45) is 5.46. The average Bonchev–Trinajstić information content (AvgIpc) is 2.61. The first-order valence-corrected chi connectivity index (χ1v) is 9.95. The highest BCUT2D eigenvalue weighted by Gasteiger charge is 2.20. The van der Waals surface area contributed by atoms with Gasteiger partial charge in [-0.1, -0.05) is 53.4 Å². The Kier molecular flexibility index (Phi) is 5.53. The van der Waals surface area contributed by atoms with E-state index in [9.17, 15) is 0 Å². The number of halogens is 3. The maximum atomic E-state index is 6.45. The Labute approximate surface area is 173 Å². The van der Waals surface area contributed by atoms with Gasteiger partial charge in [0.2, 0.25) is 0 Å². The van der Waals surface area contributed by atoms with E-state index in [-0.39, 0.29) is 0 Å². The van der Waals surface area contributed by atoms with Gasteiger partial charge < -0.3 is 4.74 Å². The van der Waals surface area contributed by atoms with Gasteiger partial charge in [-0.25, -0.2) is 4.98 Å². The van der Waals surface area contributed by atoms with Crippen molar-refractivity contribution in [3.63, 3.8) is 0 Å². The second kappa shape index (κ2) is 8.05. The summed E-state index contributed by atoms with van der Waals surface area (Å²) in [5.74, 6) is 0.604. The molecule has 1 fully saturated rings. The zero-order valence-corrected chi connectivity index (χ0v) is 16.7. The van der Waals surface area contributed by atoms with Crippen LogP contribution < -0.4 is 4.74 Å². The van der Waals surface area contributed by atoms with Crippen LogP contribution in [0.3, 0.4) is 0 Å². The Bertz CT molecular complexity index is 956. The van der Waals surface area contributed by atoms with E-state index >= 15 is 0 Å². The van der Waals surface area contributed by atoms with Gasteiger partial charge in [-0.15, -0.1) is 0 Å². The molecule has 0 amide bonds. The Hall–Kier alpha value is -1.81. The molecule has 1 heterocycles. The third kappa shape index (κ3) is 4.21. The second-order valence-corrected chi connectivity index (χ2v) is 7.93. The highest BCUT2D eigenvalue weighted by atomic mass is 35.5. The van der Waals surface area contributed by atoms with Crippen LogP contribution in [0.1, 0.15) is 19.3 Å². The van der Waals surface area contributed by atoms with Crippen molar-refractivity contribution in [3.05, 3.63) is 63.7 Å². The molecule has 0 bridgehead atoms. The molecule has 0 radical (unpaired) electrons. The maximum absolute atomic E-state index is 6.45. The molecule has 3 nitrogen and oxygen atoms in total. The Balaban J connectivity index is 1.76. The molecule has 1 saturated carbocycles. The molecule has 3 aromatic rings. The van der Waals surface area contributed by atoms with Crippen LogP contribution in [-0.4, -0.2) is 16.6 Å². The minimum absolute atomic E-state index is 0.362. The van der Waals surface area contributed by atoms with E-state index in [4.69, 9.17) is 39.5 Å². The highest BCUT2D eigenvalue weighted by Crippen LogP contribution is 2.37. The molecule has 0 spiro atoms. The summed E-state index contributed by atoms with van der Waals surface area (Å²) in [6.45, 7) is 0.647. The van der Waals surface area contributed by atoms with Gasteiger partial charge in [-0.05, 0) is 54.7 Å². The number of benzene rings is 2. The van der Waals surface area contributed by atoms with E-state index in [1.165, 1.54) is 19.3 Å². The molecule has 4 rings (SSSR count). The molecule has 2 aromatic carbocycles. The van der Waals surface area contributed by atoms with E-state index in [1.54, 1.807) is 18.3 Å². The van der Waals surface area contributed by atoms with E-state index in [2.05, 4.69) is 9.97 Å². The van der Waals surface area contributed by atoms with Gasteiger partial charge in [0.1, 0.15) is 0 Å². The molecule has 1 aliphatic rings. The standard InChI is InChI=1S/C21H17Cl3N2O/c22-15-6-4-14(5-7-15)18-11-25-21(27-12-13-2-1-3-13)26-20(18)17-9-8-16(23)10-19(17)24/h4-11,13H,1-3,12H2. The normalized spacial score (nSPS) is 14.0. The van der Waals surface area contributed by atoms with Crippen molar-refractivity contribution in [2.45, 2.75) is 19.3 Å². The molecular weight excluding hydrogens is 403 g/mol. The lowest BCUT2D eigenvalue weighted by atomic mass is 9.86. The first-order valence-electron chi connectivity index (χ1n) is 8.81. The fourth-order valence-corrected chi connectivity index (χ4v) is 3.64. The summed E-state index contributed by atoms with van der Waals surface area (Å²) in [5.41, 5.74) is 3.29. The van der Waals surface area contributed by atoms with Crippen LogP contribution in [0.5, 0.6) is 6.01 Å². The summed E-state index contributed by atoms with van der Waals surface area (Å²) in [7, 11) is 0. The molecule has 0 N–H and O–H groups in total. The minimum Gasteiger partial charge on any atom is -0.463 e. The SMILES string of the molecule is Clc1ccc(-c2cnc(OCC3CCC3)nc2-c2ccc(Cl)cc2Cl)cc1. The van der Waals surface area contributed by atoms with Crippen molar-refractivity contribution in [1.29, 1.82) is 0 Å². The van der Waals surface area contributed by atoms with Crippen molar-refractivity contribution in [2.24, 2.45) is 5.92 Å². The van der Waals surface area contributed by atoms with E-state index in [1.807, 2.05) is 30.3 Å². The van der Waals surface area contributed by atoms with Crippen LogP contribution in [0.2, 0.25) is 15.1 Å². The van der Waals surface area contributed by atoms with Gasteiger partial charge in [0.05, 0.1) is 17.3 Å². The molecule has 138 valence electrons. The largest absolute Gasteiger partial charge is 0.463 e. The minimum atomic E-state index is 0.362. The second-order valence-electron chi connectivity index (χ2n) is 6.65. The summed E-state index contributed by atoms with van der Waals surface area (Å²) >= 11 is 18.5. The fourth-order valence-electron chi connectivity index (χ4n) is 3.01. The van der Waals surface area contributed by atoms with Crippen LogP contribution in [0, 0.1) is 5.92 Å². The maximum Gasteiger partial charge on any atom is 0.316 e. The van der Waals surface area contributed by atoms with E-state index in [0.29, 0.717) is 39.3 Å². The zero-order valence-electron chi connectivity index (χ0n) is 14.5. The number of rotatable bonds is 5. The van der Waals surface area contributed by atoms with Crippen molar-refractivity contribution in [1.82, 2.24) is 9.97 Å². The van der Waals surface area contributed by atoms with Gasteiger partial charge in [0, 0.05) is 27.4 Å². The van der Waals surface area contributed by atoms with Crippen LogP contribution in [-0.2, 0) is 0 Å². The predicted octanol–water partition coefficient (Wildman–Crippen LogP) is 6.95. The van der Waals surface area contributed by atoms with Crippen LogP contribution in [0.15, 0.2) is 48.7 Å². The van der Waals surface area contributed by atoms with Crippen LogP contribution in [0.4, 0.5) is 0 Å². The molecule has 0 unspecified atom stereocenters. The summed E-state index contributed by atoms with van der Waals surface area (Å²) in [4.78, 5) is 9.07. The molecular formula is C21H17Cl3N2O. The Morgan fingerprint density at radius 2 is 1.67 bits per heavy atom. The van der Waals surface area contributed by atoms with Crippen molar-refractivity contribution in [2.75, 3.05) is 6.61 Å². The lowest BCUT2D eigenvalue weighted by Crippen LogP contribution is -2.20. The smallest absolute Gasteiger partial charge is 0.316 e. The summed E-state index contributed by atoms with van der Waals surface area (Å²) < 4.78 is 5.83. The lowest BCUT2D eigenvalue weighted by molar-refractivity contribution is 0.170. The van der Waals surface area contributed by atoms with E-state index in [0.717, 1.165) is 16.7 Å². The summed E-state index contributed by atoms with van der Waals surface area (Å²) in [6, 6.07) is 13.3. The molecule has 0 atom stereocenters. The first-order chi connectivity index (χ1) is 13.1. The van der Waals surface area contributed by atoms with Crippen LogP contribution >= 0.6 is 34.8 Å². The number of hydrogen-bond acceptors (Lipinski definition) is 3. The van der Waals surface area contributed by atoms with E-state index < -0.39 is 0 Å². The molecule has 27 heavy (non-hydrogen) atoms. The molecule has 6 heteroatoms. The first kappa shape index (κ1) is 18.5. The summed E-state index contributed by atoms with van der Waals surface area (Å²) in [5, 5.41) is 1.78. The zero-order chi connectivity index (χ0) is 18.8. The number of aromatic nitrogens is 2. The fraction of sp³-hybridized carbons (Fsp3) is 0.238. The quantitative estimate of drug-likeness (QED) is 0.449. The molecule has 1 aliphatic carbocycles. The topological polar surface area (TPSA) is 35.0 Å². The lowest BCUT2D eigenvalue weighted by Gasteiger charge is -2.24. The van der Waals surface area contributed by atoms with Gasteiger partial charge >= 0.3 is 6.01 Å². The van der Waals surface area contributed by atoms with Crippen molar-refractivity contribution >= 4 is 34.8 Å². The molecule has 0 saturated heterocycles. The molecule has 0 aliphatic heterocycles. The third-order valence-electron chi connectivity index (χ3n) is 4.78. The van der Waals surface area contributed by atoms with Crippen molar-refractivity contribution in [3.8, 4) is 28.4 Å². The molecule has 1 aromatic heterocycles. The monoisotopic (exact) mass is 418 g/mol. The number of ether oxygens (including phenoxy) is 1. The van der Waals surface area contributed by atoms with Gasteiger partial charge in [0.15, 0.2) is 0 Å². The van der Waals surface area contributed by atoms with Gasteiger partial charge in [-0.3, -0.25) is 0 Å². The van der Waals surface area contributed by atoms with Gasteiger partial charge in [0.25, 0.3) is 0 Å². The third-order valence-corrected chi connectivity index (χ3v) is 5.58. The average molecular weight is 420 g/mol. The van der Waals surface area contributed by atoms with Gasteiger partial charge in [-0.2, -0.15) is 4.98 Å².